The van der Waals surface area contributed by atoms with Gasteiger partial charge in [0.15, 0.2) is 6.10 Å². The van der Waals surface area contributed by atoms with Crippen LogP contribution in [0.4, 0.5) is 6.01 Å². The summed E-state index contributed by atoms with van der Waals surface area (Å²) in [5.41, 5.74) is 6.70. The minimum Gasteiger partial charge on any atom is -0.448 e. The first kappa shape index (κ1) is 26.8. The monoisotopic (exact) mass is 561 g/mol. The summed E-state index contributed by atoms with van der Waals surface area (Å²) in [5, 5.41) is 10.3. The molecule has 0 bridgehead atoms. The van der Waals surface area contributed by atoms with Crippen LogP contribution in [0.3, 0.4) is 0 Å². The van der Waals surface area contributed by atoms with E-state index in [-0.39, 0.29) is 23.5 Å². The van der Waals surface area contributed by atoms with Crippen molar-refractivity contribution in [1.82, 2.24) is 15.5 Å². The van der Waals surface area contributed by atoms with Gasteiger partial charge in [-0.2, -0.15) is 4.98 Å². The summed E-state index contributed by atoms with van der Waals surface area (Å²) in [6.45, 7) is 3.87. The van der Waals surface area contributed by atoms with Crippen molar-refractivity contribution in [3.63, 3.8) is 0 Å². The first-order chi connectivity index (χ1) is 19.4. The molecule has 204 valence electrons. The Bertz CT molecular complexity index is 1470. The Hall–Kier alpha value is -4.78. The minimum atomic E-state index is -1.01. The average Bonchev–Trinajstić information content (AvgIpc) is 3.42. The summed E-state index contributed by atoms with van der Waals surface area (Å²) < 4.78 is 12.1. The predicted octanol–water partition coefficient (Wildman–Crippen LogP) is 1.69. The number of oxime groups is 1. The molecule has 3 unspecified atom stereocenters. The van der Waals surface area contributed by atoms with Gasteiger partial charge in [-0.15, -0.1) is 11.2 Å². The van der Waals surface area contributed by atoms with Crippen LogP contribution in [0.15, 0.2) is 83.0 Å². The number of carbonyl (C=O) groups is 3. The molecule has 0 aliphatic carbocycles. The third-order valence-electron chi connectivity index (χ3n) is 6.39. The van der Waals surface area contributed by atoms with E-state index in [0.29, 0.717) is 10.8 Å². The molecule has 2 aliphatic heterocycles. The zero-order valence-corrected chi connectivity index (χ0v) is 22.1. The van der Waals surface area contributed by atoms with Gasteiger partial charge in [-0.3, -0.25) is 4.79 Å². The van der Waals surface area contributed by atoms with Gasteiger partial charge in [0.25, 0.3) is 17.0 Å². The van der Waals surface area contributed by atoms with Crippen LogP contribution in [0.1, 0.15) is 23.1 Å². The fourth-order valence-electron chi connectivity index (χ4n) is 4.49. The van der Waals surface area contributed by atoms with E-state index in [4.69, 9.17) is 19.8 Å². The van der Waals surface area contributed by atoms with Crippen molar-refractivity contribution in [3.8, 4) is 0 Å². The highest BCUT2D eigenvalue weighted by atomic mass is 32.2. The highest BCUT2D eigenvalue weighted by molar-refractivity contribution is 8.14. The molecule has 40 heavy (non-hydrogen) atoms. The molecule has 5 rings (SSSR count). The van der Waals surface area contributed by atoms with Gasteiger partial charge in [-0.1, -0.05) is 88.8 Å². The second kappa shape index (κ2) is 11.5. The number of hydrogen-bond acceptors (Lipinski definition) is 11. The topological polar surface area (TPSA) is 162 Å². The normalized spacial score (nSPS) is 20.4. The quantitative estimate of drug-likeness (QED) is 0.129. The second-order valence-corrected chi connectivity index (χ2v) is 9.87. The lowest BCUT2D eigenvalue weighted by atomic mass is 9.96. The van der Waals surface area contributed by atoms with E-state index < -0.39 is 36.0 Å². The zero-order chi connectivity index (χ0) is 28.2. The lowest BCUT2D eigenvalue weighted by molar-refractivity contribution is -0.501. The van der Waals surface area contributed by atoms with E-state index in [1.54, 1.807) is 6.08 Å². The molecule has 0 spiro atoms. The van der Waals surface area contributed by atoms with Crippen LogP contribution in [0.25, 0.3) is 0 Å². The largest absolute Gasteiger partial charge is 0.448 e. The van der Waals surface area contributed by atoms with Crippen LogP contribution in [-0.2, 0) is 24.0 Å². The smallest absolute Gasteiger partial charge is 0.422 e. The van der Waals surface area contributed by atoms with Gasteiger partial charge < -0.3 is 25.1 Å². The number of carbonyl (C=O) groups excluding carboxylic acids is 3. The summed E-state index contributed by atoms with van der Waals surface area (Å²) in [6, 6.07) is 16.5. The molecule has 2 amide bonds. The van der Waals surface area contributed by atoms with Crippen molar-refractivity contribution in [3.05, 3.63) is 90.3 Å². The molecule has 12 nitrogen and oxygen atoms in total. The predicted molar refractivity (Wildman–Crippen MR) is 145 cm³/mol. The SMILES string of the molecule is C=CC1CSC2=[N+](C(=O)C2NC(=O)C(=NOC)c2noc(N)n2)C1C(=O)OC(c1ccccc1)c1ccccc1. The number of anilines is 1. The first-order valence-electron chi connectivity index (χ1n) is 12.2. The Labute approximate surface area is 232 Å². The van der Waals surface area contributed by atoms with Crippen LogP contribution in [0.2, 0.25) is 0 Å². The molecule has 2 aromatic carbocycles. The van der Waals surface area contributed by atoms with E-state index in [1.165, 1.54) is 23.4 Å². The number of nitrogens with zero attached hydrogens (tertiary/aromatic N) is 4. The minimum absolute atomic E-state index is 0.206. The van der Waals surface area contributed by atoms with E-state index >= 15 is 0 Å². The summed E-state index contributed by atoms with van der Waals surface area (Å²) in [6.07, 6.45) is 0.958. The third kappa shape index (κ3) is 5.10. The Morgan fingerprint density at radius 3 is 2.40 bits per heavy atom. The van der Waals surface area contributed by atoms with E-state index in [2.05, 4.69) is 27.2 Å². The number of esters is 1. The summed E-state index contributed by atoms with van der Waals surface area (Å²) in [7, 11) is 1.24. The number of benzene rings is 2. The molecule has 0 saturated carbocycles. The fraction of sp³-hybridized carbons (Fsp3) is 0.222. The standard InChI is InChI=1S/C27H24N6O6S/c1-3-15-14-40-25-19(29-23(34)18(31-37-2)22-30-27(28)39-32-22)24(35)33(25)20(15)26(36)38-21(16-10-6-4-7-11-16)17-12-8-5-9-13-17/h3-13,15,19-21H,1,14H2,2H3,(H2-,28,29,30,32,34)/p+1. The molecule has 13 heteroatoms. The molecular weight excluding hydrogens is 536 g/mol. The molecule has 0 fully saturated rings. The number of amides is 2. The Morgan fingerprint density at radius 1 is 1.20 bits per heavy atom. The van der Waals surface area contributed by atoms with Gasteiger partial charge >= 0.3 is 17.9 Å². The number of nitrogens with one attached hydrogen (secondary N) is 1. The number of nitrogens with two attached hydrogens (primary N) is 1. The molecular formula is C27H25N6O6S+. The summed E-state index contributed by atoms with van der Waals surface area (Å²) in [4.78, 5) is 48.6. The Morgan fingerprint density at radius 2 is 1.85 bits per heavy atom. The van der Waals surface area contributed by atoms with Crippen molar-refractivity contribution >= 4 is 46.3 Å². The lowest BCUT2D eigenvalue weighted by Gasteiger charge is -2.34. The van der Waals surface area contributed by atoms with Gasteiger partial charge in [0.05, 0.1) is 5.92 Å². The van der Waals surface area contributed by atoms with Crippen LogP contribution in [0, 0.1) is 5.92 Å². The van der Waals surface area contributed by atoms with E-state index in [1.807, 2.05) is 60.7 Å². The van der Waals surface area contributed by atoms with Crippen molar-refractivity contribution in [2.45, 2.75) is 18.2 Å². The number of ether oxygens (including phenoxy) is 1. The first-order valence-corrected chi connectivity index (χ1v) is 13.2. The number of thioether (sulfide) groups is 1. The van der Waals surface area contributed by atoms with Crippen molar-refractivity contribution in [2.75, 3.05) is 18.6 Å². The average molecular weight is 562 g/mol. The highest BCUT2D eigenvalue weighted by Crippen LogP contribution is 2.34. The van der Waals surface area contributed by atoms with Crippen LogP contribution in [0.5, 0.6) is 0 Å². The number of hydrogen-bond donors (Lipinski definition) is 2. The highest BCUT2D eigenvalue weighted by Gasteiger charge is 2.61. The second-order valence-electron chi connectivity index (χ2n) is 8.83. The molecule has 0 radical (unpaired) electrons. The van der Waals surface area contributed by atoms with E-state index in [0.717, 1.165) is 11.1 Å². The molecule has 0 saturated heterocycles. The fourth-order valence-corrected chi connectivity index (χ4v) is 5.84. The van der Waals surface area contributed by atoms with E-state index in [9.17, 15) is 14.4 Å². The molecule has 2 aliphatic rings. The van der Waals surface area contributed by atoms with Crippen LogP contribution < -0.4 is 11.1 Å². The van der Waals surface area contributed by atoms with Crippen molar-refractivity contribution in [1.29, 1.82) is 0 Å². The van der Waals surface area contributed by atoms with Crippen LogP contribution in [-0.4, -0.2) is 68.2 Å². The maximum Gasteiger partial charge on any atom is 0.422 e. The Balaban J connectivity index is 1.41. The molecule has 3 atom stereocenters. The summed E-state index contributed by atoms with van der Waals surface area (Å²) in [5.74, 6) is -1.97. The number of nitrogen functional groups attached to an aromatic ring is 1. The van der Waals surface area contributed by atoms with Gasteiger partial charge in [0.2, 0.25) is 17.6 Å². The van der Waals surface area contributed by atoms with Gasteiger partial charge in [-0.25, -0.2) is 9.59 Å². The molecule has 3 N–H and O–H groups in total. The summed E-state index contributed by atoms with van der Waals surface area (Å²) >= 11 is 1.34. The van der Waals surface area contributed by atoms with Crippen LogP contribution >= 0.6 is 11.8 Å². The molecule has 3 heterocycles. The third-order valence-corrected chi connectivity index (χ3v) is 7.67. The van der Waals surface area contributed by atoms with Gasteiger partial charge in [-0.05, 0) is 11.1 Å². The maximum absolute atomic E-state index is 13.7. The Kier molecular flexibility index (Phi) is 7.73. The van der Waals surface area contributed by atoms with Crippen molar-refractivity contribution < 1.29 is 33.1 Å². The number of rotatable bonds is 9. The lowest BCUT2D eigenvalue weighted by Crippen LogP contribution is -2.68. The van der Waals surface area contributed by atoms with Gasteiger partial charge in [0, 0.05) is 5.75 Å². The zero-order valence-electron chi connectivity index (χ0n) is 21.3. The maximum atomic E-state index is 13.7. The van der Waals surface area contributed by atoms with Gasteiger partial charge in [0.1, 0.15) is 7.11 Å². The molecule has 1 aromatic heterocycles. The van der Waals surface area contributed by atoms with Crippen molar-refractivity contribution in [2.24, 2.45) is 11.1 Å². The number of aromatic nitrogens is 2. The molecule has 3 aromatic rings.